The molecule has 0 bridgehead atoms. The van der Waals surface area contributed by atoms with Crippen LogP contribution in [0.15, 0.2) is 48.7 Å². The summed E-state index contributed by atoms with van der Waals surface area (Å²) in [4.78, 5) is 15.9. The van der Waals surface area contributed by atoms with Crippen LogP contribution in [0.1, 0.15) is 11.3 Å². The maximum Gasteiger partial charge on any atom is 0.233 e. The lowest BCUT2D eigenvalue weighted by molar-refractivity contribution is -0.120. The highest BCUT2D eigenvalue weighted by Gasteiger charge is 2.04. The molecule has 0 saturated heterocycles. The van der Waals surface area contributed by atoms with E-state index in [4.69, 9.17) is 4.74 Å². The van der Waals surface area contributed by atoms with E-state index in [1.54, 1.807) is 13.3 Å². The maximum atomic E-state index is 11.8. The van der Waals surface area contributed by atoms with Crippen molar-refractivity contribution < 1.29 is 9.53 Å². The molecule has 0 fully saturated rings. The van der Waals surface area contributed by atoms with E-state index in [-0.39, 0.29) is 12.5 Å². The molecule has 5 nitrogen and oxygen atoms in total. The van der Waals surface area contributed by atoms with E-state index in [0.29, 0.717) is 13.1 Å². The average molecular weight is 299 g/mol. The van der Waals surface area contributed by atoms with E-state index < -0.39 is 0 Å². The van der Waals surface area contributed by atoms with Gasteiger partial charge >= 0.3 is 0 Å². The van der Waals surface area contributed by atoms with Gasteiger partial charge in [-0.25, -0.2) is 0 Å². The summed E-state index contributed by atoms with van der Waals surface area (Å²) in [5.74, 6) is 0.829. The Balaban J connectivity index is 1.65. The Morgan fingerprint density at radius 2 is 2.00 bits per heavy atom. The monoisotopic (exact) mass is 299 g/mol. The molecule has 0 radical (unpaired) electrons. The Morgan fingerprint density at radius 1 is 1.18 bits per heavy atom. The Labute approximate surface area is 130 Å². The SMILES string of the molecule is COc1ccccc1CCNC(=O)CNCc1ccccn1. The van der Waals surface area contributed by atoms with Gasteiger partial charge in [0, 0.05) is 19.3 Å². The first-order valence-electron chi connectivity index (χ1n) is 7.29. The van der Waals surface area contributed by atoms with Crippen LogP contribution in [0.3, 0.4) is 0 Å². The van der Waals surface area contributed by atoms with Gasteiger partial charge in [-0.2, -0.15) is 0 Å². The first-order chi connectivity index (χ1) is 10.8. The fourth-order valence-corrected chi connectivity index (χ4v) is 2.12. The van der Waals surface area contributed by atoms with Crippen molar-refractivity contribution in [2.75, 3.05) is 20.2 Å². The summed E-state index contributed by atoms with van der Waals surface area (Å²) in [6, 6.07) is 13.5. The second-order valence-corrected chi connectivity index (χ2v) is 4.84. The summed E-state index contributed by atoms with van der Waals surface area (Å²) in [5.41, 5.74) is 2.01. The number of hydrogen-bond donors (Lipinski definition) is 2. The summed E-state index contributed by atoms with van der Waals surface area (Å²) in [6.07, 6.45) is 2.49. The molecule has 0 atom stereocenters. The molecule has 5 heteroatoms. The zero-order chi connectivity index (χ0) is 15.6. The summed E-state index contributed by atoms with van der Waals surface area (Å²) >= 11 is 0. The minimum atomic E-state index is -0.0224. The zero-order valence-corrected chi connectivity index (χ0v) is 12.7. The van der Waals surface area contributed by atoms with Crippen LogP contribution in [-0.4, -0.2) is 31.1 Å². The quantitative estimate of drug-likeness (QED) is 0.776. The number of hydrogen-bond acceptors (Lipinski definition) is 4. The lowest BCUT2D eigenvalue weighted by Crippen LogP contribution is -2.34. The van der Waals surface area contributed by atoms with Gasteiger partial charge < -0.3 is 15.4 Å². The number of para-hydroxylation sites is 1. The van der Waals surface area contributed by atoms with E-state index in [0.717, 1.165) is 23.4 Å². The molecule has 2 N–H and O–H groups in total. The van der Waals surface area contributed by atoms with Gasteiger partial charge in [0.1, 0.15) is 5.75 Å². The molecule has 0 spiro atoms. The third-order valence-electron chi connectivity index (χ3n) is 3.23. The summed E-state index contributed by atoms with van der Waals surface area (Å²) in [5, 5.41) is 5.96. The van der Waals surface area contributed by atoms with Crippen molar-refractivity contribution in [2.24, 2.45) is 0 Å². The minimum absolute atomic E-state index is 0.0224. The van der Waals surface area contributed by atoms with Gasteiger partial charge in [-0.15, -0.1) is 0 Å². The van der Waals surface area contributed by atoms with Gasteiger partial charge in [0.25, 0.3) is 0 Å². The van der Waals surface area contributed by atoms with Crippen molar-refractivity contribution in [3.63, 3.8) is 0 Å². The molecule has 0 aliphatic heterocycles. The van der Waals surface area contributed by atoms with Crippen LogP contribution in [0.5, 0.6) is 5.75 Å². The highest BCUT2D eigenvalue weighted by Crippen LogP contribution is 2.17. The number of methoxy groups -OCH3 is 1. The number of nitrogens with one attached hydrogen (secondary N) is 2. The molecule has 2 rings (SSSR count). The largest absolute Gasteiger partial charge is 0.496 e. The number of benzene rings is 1. The molecular formula is C17H21N3O2. The van der Waals surface area contributed by atoms with Gasteiger partial charge in [-0.1, -0.05) is 24.3 Å². The highest BCUT2D eigenvalue weighted by atomic mass is 16.5. The van der Waals surface area contributed by atoms with Gasteiger partial charge in [0.15, 0.2) is 0 Å². The second-order valence-electron chi connectivity index (χ2n) is 4.84. The standard InChI is InChI=1S/C17H21N3O2/c1-22-16-8-3-2-6-14(16)9-11-20-17(21)13-18-12-15-7-4-5-10-19-15/h2-8,10,18H,9,11-13H2,1H3,(H,20,21). The first-order valence-corrected chi connectivity index (χ1v) is 7.29. The van der Waals surface area contributed by atoms with E-state index in [1.165, 1.54) is 0 Å². The number of nitrogens with zero attached hydrogens (tertiary/aromatic N) is 1. The van der Waals surface area contributed by atoms with Gasteiger partial charge in [0.05, 0.1) is 19.3 Å². The fourth-order valence-electron chi connectivity index (χ4n) is 2.12. The smallest absolute Gasteiger partial charge is 0.233 e. The molecule has 1 heterocycles. The van der Waals surface area contributed by atoms with Crippen LogP contribution in [0.4, 0.5) is 0 Å². The summed E-state index contributed by atoms with van der Waals surface area (Å²) in [6.45, 7) is 1.45. The van der Waals surface area contributed by atoms with Crippen LogP contribution < -0.4 is 15.4 Å². The Kier molecular flexibility index (Phi) is 6.39. The van der Waals surface area contributed by atoms with Crippen LogP contribution in [0.25, 0.3) is 0 Å². The van der Waals surface area contributed by atoms with Crippen molar-refractivity contribution in [3.8, 4) is 5.75 Å². The van der Waals surface area contributed by atoms with Crippen molar-refractivity contribution in [2.45, 2.75) is 13.0 Å². The molecule has 0 saturated carbocycles. The molecule has 0 aliphatic rings. The maximum absolute atomic E-state index is 11.8. The van der Waals surface area contributed by atoms with Crippen molar-refractivity contribution >= 4 is 5.91 Å². The Bertz CT molecular complexity index is 587. The van der Waals surface area contributed by atoms with Crippen LogP contribution in [0.2, 0.25) is 0 Å². The number of rotatable bonds is 8. The lowest BCUT2D eigenvalue weighted by Gasteiger charge is -2.09. The molecule has 0 unspecified atom stereocenters. The molecule has 1 aromatic heterocycles. The summed E-state index contributed by atoms with van der Waals surface area (Å²) < 4.78 is 5.28. The number of aromatic nitrogens is 1. The highest BCUT2D eigenvalue weighted by molar-refractivity contribution is 5.77. The van der Waals surface area contributed by atoms with Crippen LogP contribution in [-0.2, 0) is 17.8 Å². The Morgan fingerprint density at radius 3 is 2.77 bits per heavy atom. The third-order valence-corrected chi connectivity index (χ3v) is 3.23. The third kappa shape index (κ3) is 5.18. The molecule has 116 valence electrons. The number of carbonyl (C=O) groups excluding carboxylic acids is 1. The van der Waals surface area contributed by atoms with Crippen LogP contribution in [0, 0.1) is 0 Å². The van der Waals surface area contributed by atoms with E-state index >= 15 is 0 Å². The second kappa shape index (κ2) is 8.79. The van der Waals surface area contributed by atoms with E-state index in [2.05, 4.69) is 15.6 Å². The average Bonchev–Trinajstić information content (AvgIpc) is 2.56. The lowest BCUT2D eigenvalue weighted by atomic mass is 10.1. The minimum Gasteiger partial charge on any atom is -0.496 e. The molecule has 1 amide bonds. The molecule has 1 aromatic carbocycles. The normalized spacial score (nSPS) is 10.2. The van der Waals surface area contributed by atoms with Gasteiger partial charge in [-0.3, -0.25) is 9.78 Å². The first kappa shape index (κ1) is 16.0. The fraction of sp³-hybridized carbons (Fsp3) is 0.294. The molecule has 2 aromatic rings. The molecular weight excluding hydrogens is 278 g/mol. The number of carbonyl (C=O) groups is 1. The van der Waals surface area contributed by atoms with Crippen LogP contribution >= 0.6 is 0 Å². The number of amides is 1. The predicted octanol–water partition coefficient (Wildman–Crippen LogP) is 1.54. The van der Waals surface area contributed by atoms with Crippen molar-refractivity contribution in [1.29, 1.82) is 0 Å². The molecule has 0 aliphatic carbocycles. The number of pyridine rings is 1. The topological polar surface area (TPSA) is 63.2 Å². The summed E-state index contributed by atoms with van der Waals surface area (Å²) in [7, 11) is 1.65. The number of ether oxygens (including phenoxy) is 1. The van der Waals surface area contributed by atoms with E-state index in [9.17, 15) is 4.79 Å². The van der Waals surface area contributed by atoms with Crippen molar-refractivity contribution in [3.05, 3.63) is 59.9 Å². The molecule has 22 heavy (non-hydrogen) atoms. The van der Waals surface area contributed by atoms with Gasteiger partial charge in [0.2, 0.25) is 5.91 Å². The van der Waals surface area contributed by atoms with Gasteiger partial charge in [-0.05, 0) is 30.2 Å². The zero-order valence-electron chi connectivity index (χ0n) is 12.7. The van der Waals surface area contributed by atoms with E-state index in [1.807, 2.05) is 42.5 Å². The predicted molar refractivity (Wildman–Crippen MR) is 85.7 cm³/mol. The Hall–Kier alpha value is -2.40. The van der Waals surface area contributed by atoms with Crippen molar-refractivity contribution in [1.82, 2.24) is 15.6 Å².